The van der Waals surface area contributed by atoms with Gasteiger partial charge in [-0.2, -0.15) is 11.8 Å². The molecule has 2 rings (SSSR count). The second-order valence-electron chi connectivity index (χ2n) is 5.02. The minimum Gasteiger partial charge on any atom is -0.315 e. The van der Waals surface area contributed by atoms with Gasteiger partial charge in [0.1, 0.15) is 0 Å². The quantitative estimate of drug-likeness (QED) is 0.772. The van der Waals surface area contributed by atoms with Gasteiger partial charge in [-0.1, -0.05) is 0 Å². The standard InChI is InChI=1S/C13H23N3O2S3/c1-11-13(9-12(20-11)10-14-2)21(17,18)15-3-4-16-5-7-19-8-6-16/h9,14-15H,3-8,10H2,1-2H3. The number of thiophene rings is 1. The maximum atomic E-state index is 12.4. The summed E-state index contributed by atoms with van der Waals surface area (Å²) in [5.74, 6) is 2.29. The first-order valence-electron chi connectivity index (χ1n) is 7.06. The molecule has 8 heteroatoms. The molecule has 0 amide bonds. The fourth-order valence-corrected chi connectivity index (χ4v) is 5.94. The molecule has 2 N–H and O–H groups in total. The monoisotopic (exact) mass is 349 g/mol. The highest BCUT2D eigenvalue weighted by Crippen LogP contribution is 2.25. The average molecular weight is 350 g/mol. The smallest absolute Gasteiger partial charge is 0.241 e. The van der Waals surface area contributed by atoms with E-state index in [0.717, 1.165) is 40.9 Å². The third kappa shape index (κ3) is 4.94. The lowest BCUT2D eigenvalue weighted by molar-refractivity contribution is 0.307. The van der Waals surface area contributed by atoms with E-state index >= 15 is 0 Å². The Kier molecular flexibility index (Phi) is 6.51. The molecule has 1 aliphatic heterocycles. The van der Waals surface area contributed by atoms with Crippen molar-refractivity contribution in [1.29, 1.82) is 0 Å². The van der Waals surface area contributed by atoms with Crippen LogP contribution in [0.5, 0.6) is 0 Å². The van der Waals surface area contributed by atoms with Crippen LogP contribution in [0, 0.1) is 6.92 Å². The lowest BCUT2D eigenvalue weighted by Gasteiger charge is -2.25. The number of thioether (sulfide) groups is 1. The Morgan fingerprint density at radius 3 is 2.71 bits per heavy atom. The summed E-state index contributed by atoms with van der Waals surface area (Å²) in [6, 6.07) is 1.77. The maximum absolute atomic E-state index is 12.4. The summed E-state index contributed by atoms with van der Waals surface area (Å²) in [7, 11) is -1.53. The molecule has 0 spiro atoms. The molecule has 1 fully saturated rings. The van der Waals surface area contributed by atoms with Crippen molar-refractivity contribution in [3.05, 3.63) is 15.8 Å². The van der Waals surface area contributed by atoms with Gasteiger partial charge in [0.25, 0.3) is 0 Å². The van der Waals surface area contributed by atoms with Gasteiger partial charge in [-0.15, -0.1) is 11.3 Å². The minimum absolute atomic E-state index is 0.423. The summed E-state index contributed by atoms with van der Waals surface area (Å²) in [4.78, 5) is 4.63. The first-order valence-corrected chi connectivity index (χ1v) is 10.5. The van der Waals surface area contributed by atoms with Gasteiger partial charge < -0.3 is 10.2 Å². The largest absolute Gasteiger partial charge is 0.315 e. The van der Waals surface area contributed by atoms with Crippen molar-refractivity contribution in [1.82, 2.24) is 14.9 Å². The molecule has 0 radical (unpaired) electrons. The second-order valence-corrected chi connectivity index (χ2v) is 9.32. The van der Waals surface area contributed by atoms with E-state index in [9.17, 15) is 8.42 Å². The molecule has 1 saturated heterocycles. The normalized spacial score (nSPS) is 17.2. The van der Waals surface area contributed by atoms with Crippen LogP contribution < -0.4 is 10.0 Å². The fraction of sp³-hybridized carbons (Fsp3) is 0.692. The summed E-state index contributed by atoms with van der Waals surface area (Å²) < 4.78 is 27.5. The number of sulfonamides is 1. The molecule has 0 saturated carbocycles. The Balaban J connectivity index is 1.91. The summed E-state index contributed by atoms with van der Waals surface area (Å²) in [5, 5.41) is 3.05. The van der Waals surface area contributed by atoms with Crippen LogP contribution in [0.4, 0.5) is 0 Å². The van der Waals surface area contributed by atoms with Gasteiger partial charge in [-0.05, 0) is 20.0 Å². The zero-order chi connectivity index (χ0) is 15.3. The molecule has 120 valence electrons. The molecule has 21 heavy (non-hydrogen) atoms. The molecule has 0 aromatic carbocycles. The summed E-state index contributed by atoms with van der Waals surface area (Å²) in [6.45, 7) is 5.93. The van der Waals surface area contributed by atoms with Crippen LogP contribution in [0.25, 0.3) is 0 Å². The SMILES string of the molecule is CNCc1cc(S(=O)(=O)NCCN2CCSCC2)c(C)s1. The van der Waals surface area contributed by atoms with Gasteiger partial charge in [-0.3, -0.25) is 0 Å². The Morgan fingerprint density at radius 2 is 2.05 bits per heavy atom. The zero-order valence-corrected chi connectivity index (χ0v) is 15.0. The Hall–Kier alpha value is -0.120. The van der Waals surface area contributed by atoms with Crippen molar-refractivity contribution in [2.45, 2.75) is 18.4 Å². The number of nitrogens with one attached hydrogen (secondary N) is 2. The van der Waals surface area contributed by atoms with Crippen LogP contribution in [0.3, 0.4) is 0 Å². The molecule has 0 unspecified atom stereocenters. The van der Waals surface area contributed by atoms with E-state index in [1.54, 1.807) is 6.07 Å². The Bertz CT molecular complexity index is 551. The van der Waals surface area contributed by atoms with Crippen LogP contribution in [0.15, 0.2) is 11.0 Å². The average Bonchev–Trinajstić information content (AvgIpc) is 2.82. The highest BCUT2D eigenvalue weighted by atomic mass is 32.2. The van der Waals surface area contributed by atoms with Gasteiger partial charge in [0.2, 0.25) is 10.0 Å². The Morgan fingerprint density at radius 1 is 1.33 bits per heavy atom. The first kappa shape index (κ1) is 17.2. The molecule has 0 bridgehead atoms. The van der Waals surface area contributed by atoms with E-state index in [1.165, 1.54) is 11.3 Å². The van der Waals surface area contributed by atoms with Gasteiger partial charge >= 0.3 is 0 Å². The van der Waals surface area contributed by atoms with Crippen molar-refractivity contribution in [3.63, 3.8) is 0 Å². The molecule has 1 aromatic heterocycles. The predicted octanol–water partition coefficient (Wildman–Crippen LogP) is 1.10. The highest BCUT2D eigenvalue weighted by molar-refractivity contribution is 7.99. The summed E-state index contributed by atoms with van der Waals surface area (Å²) in [6.07, 6.45) is 0. The second kappa shape index (κ2) is 7.94. The van der Waals surface area contributed by atoms with E-state index < -0.39 is 10.0 Å². The first-order chi connectivity index (χ1) is 10.0. The fourth-order valence-electron chi connectivity index (χ4n) is 2.29. The Labute approximate surface area is 135 Å². The molecule has 5 nitrogen and oxygen atoms in total. The third-order valence-electron chi connectivity index (χ3n) is 3.39. The van der Waals surface area contributed by atoms with Crippen LogP contribution >= 0.6 is 23.1 Å². The number of nitrogens with zero attached hydrogens (tertiary/aromatic N) is 1. The van der Waals surface area contributed by atoms with Gasteiger partial charge in [0.05, 0.1) is 4.90 Å². The molecule has 2 heterocycles. The van der Waals surface area contributed by atoms with E-state index in [1.807, 2.05) is 25.7 Å². The van der Waals surface area contributed by atoms with E-state index in [2.05, 4.69) is 14.9 Å². The lowest BCUT2D eigenvalue weighted by Crippen LogP contribution is -2.39. The predicted molar refractivity (Wildman–Crippen MR) is 90.8 cm³/mol. The van der Waals surface area contributed by atoms with Crippen LogP contribution in [-0.2, 0) is 16.6 Å². The lowest BCUT2D eigenvalue weighted by atomic mass is 10.4. The number of aryl methyl sites for hydroxylation is 1. The molecular formula is C13H23N3O2S3. The van der Waals surface area contributed by atoms with Gasteiger partial charge in [-0.25, -0.2) is 13.1 Å². The van der Waals surface area contributed by atoms with Crippen molar-refractivity contribution in [2.75, 3.05) is 44.7 Å². The summed E-state index contributed by atoms with van der Waals surface area (Å²) >= 11 is 3.49. The number of hydrogen-bond donors (Lipinski definition) is 2. The van der Waals surface area contributed by atoms with Crippen molar-refractivity contribution >= 4 is 33.1 Å². The third-order valence-corrected chi connectivity index (χ3v) is 7.10. The zero-order valence-electron chi connectivity index (χ0n) is 12.5. The van der Waals surface area contributed by atoms with E-state index in [-0.39, 0.29) is 0 Å². The number of rotatable bonds is 7. The van der Waals surface area contributed by atoms with Crippen molar-refractivity contribution < 1.29 is 8.42 Å². The highest BCUT2D eigenvalue weighted by Gasteiger charge is 2.20. The molecule has 1 aromatic rings. The van der Waals surface area contributed by atoms with Crippen LogP contribution in [0.2, 0.25) is 0 Å². The van der Waals surface area contributed by atoms with Gasteiger partial charge in [0, 0.05) is 54.0 Å². The van der Waals surface area contributed by atoms with Crippen molar-refractivity contribution in [3.8, 4) is 0 Å². The molecule has 1 aliphatic rings. The molecular weight excluding hydrogens is 326 g/mol. The van der Waals surface area contributed by atoms with Crippen LogP contribution in [0.1, 0.15) is 9.75 Å². The van der Waals surface area contributed by atoms with E-state index in [4.69, 9.17) is 0 Å². The minimum atomic E-state index is -3.39. The molecule has 0 atom stereocenters. The maximum Gasteiger partial charge on any atom is 0.241 e. The topological polar surface area (TPSA) is 61.4 Å². The van der Waals surface area contributed by atoms with Crippen LogP contribution in [-0.4, -0.2) is 58.1 Å². The van der Waals surface area contributed by atoms with E-state index in [0.29, 0.717) is 18.0 Å². The van der Waals surface area contributed by atoms with Crippen molar-refractivity contribution in [2.24, 2.45) is 0 Å². The summed E-state index contributed by atoms with van der Waals surface area (Å²) in [5.41, 5.74) is 0. The van der Waals surface area contributed by atoms with Gasteiger partial charge in [0.15, 0.2) is 0 Å². The number of hydrogen-bond acceptors (Lipinski definition) is 6. The molecule has 0 aliphatic carbocycles.